The number of hydrogen-bond acceptors (Lipinski definition) is 10. The molecule has 0 spiro atoms. The zero-order chi connectivity index (χ0) is 30.0. The van der Waals surface area contributed by atoms with E-state index in [9.17, 15) is 34.5 Å². The summed E-state index contributed by atoms with van der Waals surface area (Å²) in [4.78, 5) is 61.6. The fourth-order valence-electron chi connectivity index (χ4n) is 3.98. The Morgan fingerprint density at radius 2 is 1.66 bits per heavy atom. The molecule has 1 aromatic carbocycles. The highest BCUT2D eigenvalue weighted by molar-refractivity contribution is 5.96. The molecule has 3 amide bonds. The van der Waals surface area contributed by atoms with Crippen molar-refractivity contribution >= 4 is 23.9 Å². The average molecular weight is 574 g/mol. The lowest BCUT2D eigenvalue weighted by Crippen LogP contribution is -2.56. The molecule has 222 valence electrons. The van der Waals surface area contributed by atoms with E-state index in [1.165, 1.54) is 22.8 Å². The third kappa shape index (κ3) is 8.59. The molecule has 0 radical (unpaired) electrons. The number of nitrogens with one attached hydrogen (secondary N) is 1. The smallest absolute Gasteiger partial charge is 0.409 e. The number of carbonyl (C=O) groups is 4. The third-order valence-electron chi connectivity index (χ3n) is 6.35. The molecule has 3 rings (SSSR count). The summed E-state index contributed by atoms with van der Waals surface area (Å²) in [5.74, 6) is -2.39. The first kappa shape index (κ1) is 31.2. The highest BCUT2D eigenvalue weighted by atomic mass is 16.6. The Kier molecular flexibility index (Phi) is 10.9. The summed E-state index contributed by atoms with van der Waals surface area (Å²) in [7, 11) is 0. The van der Waals surface area contributed by atoms with Gasteiger partial charge in [0.2, 0.25) is 11.8 Å². The quantitative estimate of drug-likeness (QED) is 0.277. The van der Waals surface area contributed by atoms with Crippen LogP contribution in [0.25, 0.3) is 11.4 Å². The Balaban J connectivity index is 1.85. The van der Waals surface area contributed by atoms with Gasteiger partial charge in [-0.25, -0.2) is 9.78 Å². The lowest BCUT2D eigenvalue weighted by Gasteiger charge is -2.35. The van der Waals surface area contributed by atoms with Crippen molar-refractivity contribution < 1.29 is 44.0 Å². The van der Waals surface area contributed by atoms with Gasteiger partial charge in [-0.2, -0.15) is 4.98 Å². The molecule has 2 aromatic rings. The van der Waals surface area contributed by atoms with Gasteiger partial charge in [-0.1, -0.05) is 30.3 Å². The van der Waals surface area contributed by atoms with Crippen LogP contribution in [0.1, 0.15) is 37.2 Å². The summed E-state index contributed by atoms with van der Waals surface area (Å²) in [6.07, 6.45) is -1.03. The number of nitrogens with zero attached hydrogens (tertiary/aromatic N) is 4. The van der Waals surface area contributed by atoms with Crippen LogP contribution in [0.4, 0.5) is 4.79 Å². The lowest BCUT2D eigenvalue weighted by molar-refractivity contribution is -0.138. The number of aromatic nitrogens is 2. The standard InChI is InChI=1S/C27H35N5O9/c1-3-40-26(39)32-13-11-31(12-14-32)25(38)19(9-10-22(35)36)29-24(37)20-15-21(41-27(2,16-33)17-34)30-23(28-20)18-7-5-4-6-8-18/h4-8,15,19,33-34H,3,9-14,16-17H2,1-2H3,(H,29,37)(H,35,36)/t19-/m0/s1. The van der Waals surface area contributed by atoms with E-state index < -0.39 is 48.7 Å². The maximum Gasteiger partial charge on any atom is 0.409 e. The van der Waals surface area contributed by atoms with E-state index in [1.54, 1.807) is 37.3 Å². The van der Waals surface area contributed by atoms with E-state index in [-0.39, 0.29) is 63.0 Å². The first-order valence-electron chi connectivity index (χ1n) is 13.2. The fraction of sp³-hybridized carbons (Fsp3) is 0.481. The van der Waals surface area contributed by atoms with Crippen LogP contribution >= 0.6 is 0 Å². The van der Waals surface area contributed by atoms with Gasteiger partial charge in [0.25, 0.3) is 5.91 Å². The van der Waals surface area contributed by atoms with Gasteiger partial charge in [0.15, 0.2) is 11.4 Å². The molecule has 0 aliphatic carbocycles. The Hall–Kier alpha value is -4.30. The molecule has 1 aliphatic heterocycles. The average Bonchev–Trinajstić information content (AvgIpc) is 2.99. The predicted molar refractivity (Wildman–Crippen MR) is 144 cm³/mol. The van der Waals surface area contributed by atoms with Crippen LogP contribution in [-0.4, -0.2) is 117 Å². The molecular weight excluding hydrogens is 538 g/mol. The van der Waals surface area contributed by atoms with Gasteiger partial charge in [0, 0.05) is 44.2 Å². The monoisotopic (exact) mass is 573 g/mol. The number of hydrogen-bond donors (Lipinski definition) is 4. The molecular formula is C27H35N5O9. The van der Waals surface area contributed by atoms with E-state index >= 15 is 0 Å². The second kappa shape index (κ2) is 14.4. The van der Waals surface area contributed by atoms with Gasteiger partial charge < -0.3 is 39.9 Å². The number of carboxylic acid groups (broad SMARTS) is 1. The summed E-state index contributed by atoms with van der Waals surface area (Å²) in [6, 6.07) is 8.74. The van der Waals surface area contributed by atoms with Crippen LogP contribution in [0.15, 0.2) is 36.4 Å². The minimum atomic E-state index is -1.40. The number of aliphatic carboxylic acids is 1. The zero-order valence-electron chi connectivity index (χ0n) is 23.0. The van der Waals surface area contributed by atoms with Crippen molar-refractivity contribution in [3.8, 4) is 17.3 Å². The van der Waals surface area contributed by atoms with Crippen molar-refractivity contribution in [2.75, 3.05) is 46.0 Å². The van der Waals surface area contributed by atoms with Gasteiger partial charge >= 0.3 is 12.1 Å². The van der Waals surface area contributed by atoms with Crippen molar-refractivity contribution in [3.63, 3.8) is 0 Å². The van der Waals surface area contributed by atoms with Crippen molar-refractivity contribution in [1.82, 2.24) is 25.1 Å². The van der Waals surface area contributed by atoms with Gasteiger partial charge in [0.05, 0.1) is 19.8 Å². The Labute approximate surface area is 236 Å². The van der Waals surface area contributed by atoms with Crippen LogP contribution in [0.5, 0.6) is 5.88 Å². The molecule has 4 N–H and O–H groups in total. The minimum absolute atomic E-state index is 0.0990. The van der Waals surface area contributed by atoms with Crippen molar-refractivity contribution in [1.29, 1.82) is 0 Å². The van der Waals surface area contributed by atoms with Crippen LogP contribution in [0.2, 0.25) is 0 Å². The van der Waals surface area contributed by atoms with Gasteiger partial charge in [0.1, 0.15) is 11.7 Å². The Morgan fingerprint density at radius 1 is 1.02 bits per heavy atom. The number of piperazine rings is 1. The van der Waals surface area contributed by atoms with Crippen LogP contribution in [0.3, 0.4) is 0 Å². The molecule has 14 nitrogen and oxygen atoms in total. The summed E-state index contributed by atoms with van der Waals surface area (Å²) in [5.41, 5.74) is -1.02. The summed E-state index contributed by atoms with van der Waals surface area (Å²) in [5, 5.41) is 31.2. The van der Waals surface area contributed by atoms with Crippen molar-refractivity contribution in [2.24, 2.45) is 0 Å². The van der Waals surface area contributed by atoms with Crippen LogP contribution < -0.4 is 10.1 Å². The number of aliphatic hydroxyl groups excluding tert-OH is 2. The molecule has 1 fully saturated rings. The summed E-state index contributed by atoms with van der Waals surface area (Å²) in [6.45, 7) is 3.12. The number of carbonyl (C=O) groups excluding carboxylic acids is 3. The zero-order valence-corrected chi connectivity index (χ0v) is 23.0. The van der Waals surface area contributed by atoms with Gasteiger partial charge in [-0.05, 0) is 20.3 Å². The normalized spacial score (nSPS) is 14.2. The molecule has 2 heterocycles. The topological polar surface area (TPSA) is 192 Å². The second-order valence-corrected chi connectivity index (χ2v) is 9.62. The van der Waals surface area contributed by atoms with E-state index in [1.807, 2.05) is 0 Å². The van der Waals surface area contributed by atoms with Gasteiger partial charge in [-0.15, -0.1) is 0 Å². The van der Waals surface area contributed by atoms with Crippen molar-refractivity contribution in [2.45, 2.75) is 38.3 Å². The van der Waals surface area contributed by atoms with Crippen LogP contribution in [0, 0.1) is 0 Å². The molecule has 1 saturated heterocycles. The Bertz CT molecular complexity index is 1210. The maximum absolute atomic E-state index is 13.4. The molecule has 1 atom stereocenters. The molecule has 0 saturated carbocycles. The third-order valence-corrected chi connectivity index (χ3v) is 6.35. The highest BCUT2D eigenvalue weighted by Gasteiger charge is 2.32. The van der Waals surface area contributed by atoms with Crippen LogP contribution in [-0.2, 0) is 14.3 Å². The summed E-state index contributed by atoms with van der Waals surface area (Å²) < 4.78 is 10.7. The second-order valence-electron chi connectivity index (χ2n) is 9.62. The number of carboxylic acids is 1. The molecule has 1 aromatic heterocycles. The number of benzene rings is 1. The molecule has 1 aliphatic rings. The van der Waals surface area contributed by atoms with Gasteiger partial charge in [-0.3, -0.25) is 14.4 Å². The summed E-state index contributed by atoms with van der Waals surface area (Å²) >= 11 is 0. The van der Waals surface area contributed by atoms with E-state index in [0.29, 0.717) is 5.56 Å². The Morgan fingerprint density at radius 3 is 2.24 bits per heavy atom. The molecule has 14 heteroatoms. The van der Waals surface area contributed by atoms with E-state index in [2.05, 4.69) is 15.3 Å². The first-order valence-corrected chi connectivity index (χ1v) is 13.2. The maximum atomic E-state index is 13.4. The van der Waals surface area contributed by atoms with E-state index in [4.69, 9.17) is 9.47 Å². The number of rotatable bonds is 12. The number of amides is 3. The largest absolute Gasteiger partial charge is 0.481 e. The molecule has 0 bridgehead atoms. The van der Waals surface area contributed by atoms with E-state index in [0.717, 1.165) is 0 Å². The number of ether oxygens (including phenoxy) is 2. The molecule has 0 unspecified atom stereocenters. The SMILES string of the molecule is CCOC(=O)N1CCN(C(=O)[C@H](CCC(=O)O)NC(=O)c2cc(OC(C)(CO)CO)nc(-c3ccccc3)n2)CC1. The minimum Gasteiger partial charge on any atom is -0.481 e. The lowest BCUT2D eigenvalue weighted by atomic mass is 10.1. The molecule has 41 heavy (non-hydrogen) atoms. The predicted octanol–water partition coefficient (Wildman–Crippen LogP) is 0.530. The highest BCUT2D eigenvalue weighted by Crippen LogP contribution is 2.22. The van der Waals surface area contributed by atoms with Crippen molar-refractivity contribution in [3.05, 3.63) is 42.1 Å². The first-order chi connectivity index (χ1) is 19.6. The fourth-order valence-corrected chi connectivity index (χ4v) is 3.98. The number of aliphatic hydroxyl groups is 2.